The standard InChI is InChI=1S/C15H33N3O2S.HI/c1-13(2)7-10-20-11-8-17-14(16-6)18-9-12-21(19)15(3,4)5;/h13H,7-12H2,1-6H3,(H2,16,17,18);1H. The Morgan fingerprint density at radius 3 is 2.27 bits per heavy atom. The maximum Gasteiger partial charge on any atom is 0.191 e. The van der Waals surface area contributed by atoms with E-state index < -0.39 is 10.8 Å². The van der Waals surface area contributed by atoms with Crippen LogP contribution in [0.25, 0.3) is 0 Å². The molecule has 0 fully saturated rings. The molecular weight excluding hydrogens is 413 g/mol. The van der Waals surface area contributed by atoms with Crippen LogP contribution in [-0.4, -0.2) is 54.0 Å². The lowest BCUT2D eigenvalue weighted by Crippen LogP contribution is -2.41. The van der Waals surface area contributed by atoms with Crippen LogP contribution in [0.15, 0.2) is 4.99 Å². The second kappa shape index (κ2) is 13.5. The number of halogens is 1. The normalized spacial score (nSPS) is 13.7. The van der Waals surface area contributed by atoms with Gasteiger partial charge in [-0.2, -0.15) is 0 Å². The van der Waals surface area contributed by atoms with Crippen LogP contribution in [-0.2, 0) is 15.5 Å². The molecule has 0 aromatic rings. The summed E-state index contributed by atoms with van der Waals surface area (Å²) in [5, 5.41) is 6.36. The molecule has 0 saturated carbocycles. The third-order valence-electron chi connectivity index (χ3n) is 2.86. The van der Waals surface area contributed by atoms with E-state index in [1.54, 1.807) is 7.05 Å². The fourth-order valence-electron chi connectivity index (χ4n) is 1.45. The minimum absolute atomic E-state index is 0. The molecule has 0 aromatic carbocycles. The average molecular weight is 447 g/mol. The summed E-state index contributed by atoms with van der Waals surface area (Å²) in [6.45, 7) is 13.2. The Hall–Kier alpha value is 0.110. The lowest BCUT2D eigenvalue weighted by molar-refractivity contribution is 0.128. The first-order valence-electron chi connectivity index (χ1n) is 7.68. The molecule has 0 amide bonds. The average Bonchev–Trinajstić information content (AvgIpc) is 2.38. The zero-order valence-electron chi connectivity index (χ0n) is 14.9. The molecule has 0 aliphatic carbocycles. The summed E-state index contributed by atoms with van der Waals surface area (Å²) in [7, 11) is 0.892. The van der Waals surface area contributed by atoms with Crippen LogP contribution in [0, 0.1) is 5.92 Å². The number of hydrogen-bond acceptors (Lipinski definition) is 3. The van der Waals surface area contributed by atoms with Gasteiger partial charge in [0.05, 0.1) is 6.61 Å². The Kier molecular flexibility index (Phi) is 15.0. The summed E-state index contributed by atoms with van der Waals surface area (Å²) in [5.41, 5.74) is 0. The molecule has 0 saturated heterocycles. The smallest absolute Gasteiger partial charge is 0.191 e. The summed E-state index contributed by atoms with van der Waals surface area (Å²) in [6.07, 6.45) is 1.09. The van der Waals surface area contributed by atoms with E-state index in [0.717, 1.165) is 25.5 Å². The van der Waals surface area contributed by atoms with E-state index in [0.29, 0.717) is 24.8 Å². The van der Waals surface area contributed by atoms with Crippen LogP contribution in [0.5, 0.6) is 0 Å². The van der Waals surface area contributed by atoms with Crippen molar-refractivity contribution in [3.8, 4) is 0 Å². The molecule has 7 heteroatoms. The highest BCUT2D eigenvalue weighted by molar-refractivity contribution is 14.0. The molecule has 0 heterocycles. The fraction of sp³-hybridized carbons (Fsp3) is 0.933. The van der Waals surface area contributed by atoms with Gasteiger partial charge in [0.25, 0.3) is 0 Å². The highest BCUT2D eigenvalue weighted by atomic mass is 127. The molecule has 2 N–H and O–H groups in total. The van der Waals surface area contributed by atoms with Crippen LogP contribution in [0.1, 0.15) is 41.0 Å². The van der Waals surface area contributed by atoms with Gasteiger partial charge in [0.2, 0.25) is 0 Å². The van der Waals surface area contributed by atoms with Gasteiger partial charge in [0.1, 0.15) is 0 Å². The van der Waals surface area contributed by atoms with Crippen LogP contribution in [0.2, 0.25) is 0 Å². The van der Waals surface area contributed by atoms with Crippen molar-refractivity contribution >= 4 is 40.7 Å². The topological polar surface area (TPSA) is 62.7 Å². The first-order chi connectivity index (χ1) is 9.77. The first kappa shape index (κ1) is 24.4. The SMILES string of the molecule is CN=C(NCCOCCC(C)C)NCCS(=O)C(C)(C)C.I. The Balaban J connectivity index is 0. The molecular formula is C15H34IN3O2S. The van der Waals surface area contributed by atoms with Crippen LogP contribution in [0.3, 0.4) is 0 Å². The second-order valence-corrected chi connectivity index (χ2v) is 8.71. The van der Waals surface area contributed by atoms with E-state index in [9.17, 15) is 4.21 Å². The van der Waals surface area contributed by atoms with E-state index in [4.69, 9.17) is 4.74 Å². The van der Waals surface area contributed by atoms with Crippen molar-refractivity contribution in [1.29, 1.82) is 0 Å². The van der Waals surface area contributed by atoms with Gasteiger partial charge in [-0.15, -0.1) is 24.0 Å². The molecule has 0 aromatic heterocycles. The molecule has 5 nitrogen and oxygen atoms in total. The molecule has 0 rings (SSSR count). The maximum atomic E-state index is 11.9. The maximum absolute atomic E-state index is 11.9. The molecule has 0 bridgehead atoms. The molecule has 0 aliphatic rings. The highest BCUT2D eigenvalue weighted by Gasteiger charge is 2.18. The fourth-order valence-corrected chi connectivity index (χ4v) is 2.35. The van der Waals surface area contributed by atoms with Crippen LogP contribution >= 0.6 is 24.0 Å². The molecule has 1 atom stereocenters. The van der Waals surface area contributed by atoms with Crippen molar-refractivity contribution in [2.75, 3.05) is 39.1 Å². The van der Waals surface area contributed by atoms with Crippen molar-refractivity contribution in [2.45, 2.75) is 45.8 Å². The van der Waals surface area contributed by atoms with Crippen molar-refractivity contribution in [3.05, 3.63) is 0 Å². The van der Waals surface area contributed by atoms with E-state index in [1.165, 1.54) is 0 Å². The minimum atomic E-state index is -0.840. The Morgan fingerprint density at radius 1 is 1.18 bits per heavy atom. The van der Waals surface area contributed by atoms with Gasteiger partial charge in [-0.3, -0.25) is 9.20 Å². The lowest BCUT2D eigenvalue weighted by Gasteiger charge is -2.18. The van der Waals surface area contributed by atoms with Gasteiger partial charge in [-0.1, -0.05) is 13.8 Å². The van der Waals surface area contributed by atoms with E-state index in [2.05, 4.69) is 29.5 Å². The van der Waals surface area contributed by atoms with Crippen molar-refractivity contribution in [2.24, 2.45) is 10.9 Å². The number of guanidine groups is 1. The number of ether oxygens (including phenoxy) is 1. The van der Waals surface area contributed by atoms with E-state index in [-0.39, 0.29) is 28.7 Å². The van der Waals surface area contributed by atoms with Crippen molar-refractivity contribution < 1.29 is 8.95 Å². The van der Waals surface area contributed by atoms with Crippen molar-refractivity contribution in [3.63, 3.8) is 0 Å². The predicted octanol–water partition coefficient (Wildman–Crippen LogP) is 2.38. The Morgan fingerprint density at radius 2 is 1.77 bits per heavy atom. The molecule has 0 aliphatic heterocycles. The van der Waals surface area contributed by atoms with Gasteiger partial charge >= 0.3 is 0 Å². The number of hydrogen-bond donors (Lipinski definition) is 2. The predicted molar refractivity (Wildman–Crippen MR) is 108 cm³/mol. The number of nitrogens with zero attached hydrogens (tertiary/aromatic N) is 1. The summed E-state index contributed by atoms with van der Waals surface area (Å²) in [4.78, 5) is 4.13. The van der Waals surface area contributed by atoms with Gasteiger partial charge in [0.15, 0.2) is 5.96 Å². The third kappa shape index (κ3) is 13.8. The minimum Gasteiger partial charge on any atom is -0.380 e. The number of rotatable bonds is 9. The van der Waals surface area contributed by atoms with E-state index >= 15 is 0 Å². The number of nitrogens with one attached hydrogen (secondary N) is 2. The van der Waals surface area contributed by atoms with Gasteiger partial charge < -0.3 is 15.4 Å². The zero-order valence-corrected chi connectivity index (χ0v) is 18.0. The molecule has 134 valence electrons. The third-order valence-corrected chi connectivity index (χ3v) is 4.81. The Labute approximate surface area is 155 Å². The summed E-state index contributed by atoms with van der Waals surface area (Å²) < 4.78 is 17.3. The molecule has 0 spiro atoms. The molecule has 0 radical (unpaired) electrons. The number of aliphatic imine (C=N–C) groups is 1. The van der Waals surface area contributed by atoms with Crippen molar-refractivity contribution in [1.82, 2.24) is 10.6 Å². The van der Waals surface area contributed by atoms with Gasteiger partial charge in [-0.25, -0.2) is 0 Å². The van der Waals surface area contributed by atoms with Crippen LogP contribution in [0.4, 0.5) is 0 Å². The van der Waals surface area contributed by atoms with Gasteiger partial charge in [-0.05, 0) is 33.1 Å². The zero-order chi connectivity index (χ0) is 16.3. The highest BCUT2D eigenvalue weighted by Crippen LogP contribution is 2.10. The summed E-state index contributed by atoms with van der Waals surface area (Å²) in [6, 6.07) is 0. The molecule has 1 unspecified atom stereocenters. The second-order valence-electron chi connectivity index (χ2n) is 6.38. The Bertz CT molecular complexity index is 331. The van der Waals surface area contributed by atoms with Crippen LogP contribution < -0.4 is 10.6 Å². The molecule has 22 heavy (non-hydrogen) atoms. The first-order valence-corrected chi connectivity index (χ1v) is 9.00. The monoisotopic (exact) mass is 447 g/mol. The largest absolute Gasteiger partial charge is 0.380 e. The summed E-state index contributed by atoms with van der Waals surface area (Å²) >= 11 is 0. The van der Waals surface area contributed by atoms with E-state index in [1.807, 2.05) is 20.8 Å². The lowest BCUT2D eigenvalue weighted by atomic mass is 10.1. The summed E-state index contributed by atoms with van der Waals surface area (Å²) in [5.74, 6) is 2.03. The van der Waals surface area contributed by atoms with Gasteiger partial charge in [0, 0.05) is 48.0 Å². The quantitative estimate of drug-likeness (QED) is 0.247.